The topological polar surface area (TPSA) is 128 Å². The highest BCUT2D eigenvalue weighted by Gasteiger charge is 2.57. The molecule has 0 saturated carbocycles. The second-order valence-corrected chi connectivity index (χ2v) is 29.6. The maximum absolute atomic E-state index is 14.9. The van der Waals surface area contributed by atoms with E-state index in [1.807, 2.05) is 91.9 Å². The van der Waals surface area contributed by atoms with Crippen molar-refractivity contribution in [1.29, 1.82) is 0 Å². The number of benzene rings is 4. The van der Waals surface area contributed by atoms with Crippen LogP contribution in [0.3, 0.4) is 0 Å². The van der Waals surface area contributed by atoms with E-state index in [4.69, 9.17) is 56.5 Å². The molecular weight excluding hydrogens is 1030 g/mol. The predicted octanol–water partition coefficient (Wildman–Crippen LogP) is 13.2. The summed E-state index contributed by atoms with van der Waals surface area (Å²) in [6, 6.07) is 36.2. The normalized spacial score (nSPS) is 29.7. The van der Waals surface area contributed by atoms with Crippen LogP contribution in [0.4, 0.5) is 0 Å². The van der Waals surface area contributed by atoms with Crippen LogP contribution in [0.15, 0.2) is 122 Å². The second-order valence-electron chi connectivity index (χ2n) is 24.2. The Morgan fingerprint density at radius 3 is 1.59 bits per heavy atom. The van der Waals surface area contributed by atoms with Gasteiger partial charge in [0.2, 0.25) is 8.32 Å². The van der Waals surface area contributed by atoms with Crippen molar-refractivity contribution in [3.8, 4) is 11.5 Å². The van der Waals surface area contributed by atoms with Gasteiger partial charge in [-0.05, 0) is 83.9 Å². The fourth-order valence-corrected chi connectivity index (χ4v) is 18.6. The monoisotopic (exact) mass is 1120 g/mol. The zero-order chi connectivity index (χ0) is 57.1. The van der Waals surface area contributed by atoms with Crippen LogP contribution >= 0.6 is 0 Å². The van der Waals surface area contributed by atoms with Crippen LogP contribution in [0.5, 0.6) is 11.5 Å². The third kappa shape index (κ3) is 15.0. The summed E-state index contributed by atoms with van der Waals surface area (Å²) in [4.78, 5) is 14.9. The Labute approximate surface area is 478 Å². The van der Waals surface area contributed by atoms with Crippen LogP contribution in [0, 0.1) is 0 Å². The summed E-state index contributed by atoms with van der Waals surface area (Å²) in [7, 11) is 0.803. The minimum Gasteiger partial charge on any atom is -0.497 e. The Kier molecular flexibility index (Phi) is 21.4. The minimum atomic E-state index is -2.50. The van der Waals surface area contributed by atoms with Crippen LogP contribution in [-0.4, -0.2) is 113 Å². The Balaban J connectivity index is 1.00. The first-order valence-electron chi connectivity index (χ1n) is 29.3. The van der Waals surface area contributed by atoms with Crippen molar-refractivity contribution in [3.05, 3.63) is 144 Å². The van der Waals surface area contributed by atoms with E-state index in [0.29, 0.717) is 94.8 Å². The molecule has 0 bridgehead atoms. The van der Waals surface area contributed by atoms with Crippen LogP contribution in [-0.2, 0) is 78.3 Å². The SMILES string of the molecule is C=C[C@@]1(C)O[C@@](C)(CCOCc2ccc(OC)cc2)[C@H](OCc2ccc(OC)cc2)C[C@@H]1OC(=O)C[C@@H]1O[C@@H]2C[C@@H]3O[C@](C)(CCOCc4ccccc4)[C@@H](OCc4ccccc4)C[C@H]3O[C@H]2C[C@H]1O[Si](C(C)C)(C(C)C)C(C)C. The van der Waals surface area contributed by atoms with Crippen molar-refractivity contribution in [2.24, 2.45) is 0 Å². The largest absolute Gasteiger partial charge is 0.497 e. The molecule has 4 heterocycles. The molecule has 0 amide bonds. The van der Waals surface area contributed by atoms with E-state index >= 15 is 0 Å². The molecule has 438 valence electrons. The van der Waals surface area contributed by atoms with Gasteiger partial charge >= 0.3 is 5.97 Å². The number of rotatable bonds is 27. The van der Waals surface area contributed by atoms with E-state index in [-0.39, 0.29) is 36.9 Å². The lowest BCUT2D eigenvalue weighted by atomic mass is 9.80. The molecule has 4 aliphatic rings. The quantitative estimate of drug-likeness (QED) is 0.0243. The van der Waals surface area contributed by atoms with Gasteiger partial charge in [-0.3, -0.25) is 4.79 Å². The Morgan fingerprint density at radius 1 is 0.588 bits per heavy atom. The molecule has 80 heavy (non-hydrogen) atoms. The van der Waals surface area contributed by atoms with Gasteiger partial charge in [0.15, 0.2) is 0 Å². The molecule has 8 rings (SSSR count). The lowest BCUT2D eigenvalue weighted by molar-refractivity contribution is -0.306. The summed E-state index contributed by atoms with van der Waals surface area (Å²) in [5.41, 5.74) is 2.58. The first kappa shape index (κ1) is 61.6. The third-order valence-corrected chi connectivity index (χ3v) is 23.8. The van der Waals surface area contributed by atoms with E-state index in [9.17, 15) is 4.79 Å². The fourth-order valence-electron chi connectivity index (χ4n) is 13.0. The molecule has 4 aromatic rings. The van der Waals surface area contributed by atoms with Gasteiger partial charge in [0.1, 0.15) is 23.2 Å². The number of carbonyl (C=O) groups is 1. The highest BCUT2D eigenvalue weighted by Crippen LogP contribution is 2.49. The number of ether oxygens (including phenoxy) is 11. The second kappa shape index (κ2) is 27.7. The van der Waals surface area contributed by atoms with Gasteiger partial charge in [-0.1, -0.05) is 133 Å². The van der Waals surface area contributed by atoms with Crippen molar-refractivity contribution >= 4 is 14.3 Å². The standard InChI is InChI=1S/C66H92O13Si/c1-13-64(8)62(40-61(73-44-51-26-30-53(69-12)31-27-51)66(10,79-64)33-35-71-42-50-24-28-52(68-11)29-25-50)76-63(67)39-57-59(78-80(45(2)3,46(4)5)47(6)7)37-55-54(75-57)36-58-56(74-55)38-60(72-43-49-22-18-15-19-23-49)65(9,77-58)32-34-70-41-48-20-16-14-17-21-48/h13-31,45-47,54-62H,1,32-44H2,2-12H3/t54-,55+,56-,57+,58+,59-,60+,61-,62+,64-,65-,66+/m1/s1. The lowest BCUT2D eigenvalue weighted by Gasteiger charge is -2.55. The molecule has 0 spiro atoms. The third-order valence-electron chi connectivity index (χ3n) is 17.7. The van der Waals surface area contributed by atoms with Gasteiger partial charge in [-0.2, -0.15) is 0 Å². The lowest BCUT2D eigenvalue weighted by Crippen LogP contribution is -2.64. The van der Waals surface area contributed by atoms with Gasteiger partial charge in [0.25, 0.3) is 0 Å². The van der Waals surface area contributed by atoms with Crippen LogP contribution in [0.1, 0.15) is 130 Å². The molecule has 14 heteroatoms. The number of methoxy groups -OCH3 is 2. The molecule has 12 atom stereocenters. The molecule has 0 unspecified atom stereocenters. The summed E-state index contributed by atoms with van der Waals surface area (Å²) in [5, 5.41) is 0. The van der Waals surface area contributed by atoms with Crippen molar-refractivity contribution in [1.82, 2.24) is 0 Å². The van der Waals surface area contributed by atoms with E-state index < -0.39 is 55.5 Å². The maximum Gasteiger partial charge on any atom is 0.308 e. The number of fused-ring (bicyclic) bond motifs is 2. The van der Waals surface area contributed by atoms with Crippen LogP contribution < -0.4 is 9.47 Å². The summed E-state index contributed by atoms with van der Waals surface area (Å²) in [6.07, 6.45) is 1.47. The van der Waals surface area contributed by atoms with Crippen molar-refractivity contribution in [3.63, 3.8) is 0 Å². The van der Waals surface area contributed by atoms with Gasteiger partial charge in [0, 0.05) is 51.7 Å². The molecule has 0 aliphatic carbocycles. The number of hydrogen-bond acceptors (Lipinski definition) is 13. The van der Waals surface area contributed by atoms with E-state index in [2.05, 4.69) is 86.2 Å². The van der Waals surface area contributed by atoms with Crippen molar-refractivity contribution in [2.75, 3.05) is 27.4 Å². The molecule has 4 fully saturated rings. The molecule has 13 nitrogen and oxygen atoms in total. The van der Waals surface area contributed by atoms with Crippen molar-refractivity contribution in [2.45, 2.75) is 222 Å². The van der Waals surface area contributed by atoms with Crippen molar-refractivity contribution < 1.29 is 61.3 Å². The zero-order valence-electron chi connectivity index (χ0n) is 49.6. The first-order valence-corrected chi connectivity index (χ1v) is 31.4. The minimum absolute atomic E-state index is 0.0228. The average molecular weight is 1120 g/mol. The number of carbonyl (C=O) groups excluding carboxylic acids is 1. The van der Waals surface area contributed by atoms with Gasteiger partial charge in [-0.15, -0.1) is 6.58 Å². The molecule has 4 aliphatic heterocycles. The summed E-state index contributed by atoms with van der Waals surface area (Å²) >= 11 is 0. The van der Waals surface area contributed by atoms with Crippen LogP contribution in [0.2, 0.25) is 16.6 Å². The van der Waals surface area contributed by atoms with E-state index in [1.54, 1.807) is 20.3 Å². The Hall–Kier alpha value is -4.45. The Morgan fingerprint density at radius 2 is 1.06 bits per heavy atom. The summed E-state index contributed by atoms with van der Waals surface area (Å²) < 4.78 is 79.8. The highest BCUT2D eigenvalue weighted by molar-refractivity contribution is 6.77. The van der Waals surface area contributed by atoms with E-state index in [1.165, 1.54) is 0 Å². The number of esters is 1. The smallest absolute Gasteiger partial charge is 0.308 e. The zero-order valence-corrected chi connectivity index (χ0v) is 50.6. The van der Waals surface area contributed by atoms with Gasteiger partial charge in [0.05, 0.1) is 107 Å². The predicted molar refractivity (Wildman–Crippen MR) is 312 cm³/mol. The molecule has 0 radical (unpaired) electrons. The molecular formula is C66H92O13Si. The summed E-state index contributed by atoms with van der Waals surface area (Å²) in [5.74, 6) is 1.15. The fraction of sp³-hybridized carbons (Fsp3) is 0.591. The van der Waals surface area contributed by atoms with Crippen LogP contribution in [0.25, 0.3) is 0 Å². The number of hydrogen-bond donors (Lipinski definition) is 0. The summed E-state index contributed by atoms with van der Waals surface area (Å²) in [6.45, 7) is 26.7. The maximum atomic E-state index is 14.9. The molecule has 0 aromatic heterocycles. The Bertz CT molecular complexity index is 2510. The average Bonchev–Trinajstić information content (AvgIpc) is 3.46. The van der Waals surface area contributed by atoms with Gasteiger partial charge < -0.3 is 56.5 Å². The van der Waals surface area contributed by atoms with Gasteiger partial charge in [-0.25, -0.2) is 0 Å². The first-order chi connectivity index (χ1) is 38.4. The van der Waals surface area contributed by atoms with E-state index in [0.717, 1.165) is 33.8 Å². The molecule has 4 aromatic carbocycles. The molecule has 4 saturated heterocycles. The highest BCUT2D eigenvalue weighted by atomic mass is 28.4. The molecule has 0 N–H and O–H groups in total.